The van der Waals surface area contributed by atoms with Gasteiger partial charge in [0.2, 0.25) is 0 Å². The van der Waals surface area contributed by atoms with E-state index in [1.165, 1.54) is 16.8 Å². The number of anilines is 1. The van der Waals surface area contributed by atoms with E-state index in [0.717, 1.165) is 31.7 Å². The molecule has 3 rings (SSSR count). The average Bonchev–Trinajstić information content (AvgIpc) is 2.55. The van der Waals surface area contributed by atoms with E-state index < -0.39 is 0 Å². The SMILES string of the molecule is CC1(C)CNc2c1ccc1c2OCCC1. The molecule has 0 aromatic heterocycles. The van der Waals surface area contributed by atoms with Gasteiger partial charge in [0.05, 0.1) is 12.3 Å². The molecule has 0 bridgehead atoms. The summed E-state index contributed by atoms with van der Waals surface area (Å²) in [5, 5.41) is 3.49. The first-order valence-electron chi connectivity index (χ1n) is 5.71. The molecule has 1 aromatic carbocycles. The maximum absolute atomic E-state index is 5.80. The van der Waals surface area contributed by atoms with Gasteiger partial charge in [0.25, 0.3) is 0 Å². The normalized spacial score (nSPS) is 21.2. The smallest absolute Gasteiger partial charge is 0.145 e. The number of fused-ring (bicyclic) bond motifs is 3. The van der Waals surface area contributed by atoms with Crippen LogP contribution in [0.5, 0.6) is 5.75 Å². The molecule has 0 saturated heterocycles. The lowest BCUT2D eigenvalue weighted by molar-refractivity contribution is 0.290. The van der Waals surface area contributed by atoms with E-state index in [2.05, 4.69) is 31.3 Å². The minimum atomic E-state index is 0.241. The standard InChI is InChI=1S/C13H17NO/c1-13(2)8-14-11-10(13)6-5-9-4-3-7-15-12(9)11/h5-6,14H,3-4,7-8H2,1-2H3. The Labute approximate surface area is 90.6 Å². The summed E-state index contributed by atoms with van der Waals surface area (Å²) < 4.78 is 5.80. The molecule has 15 heavy (non-hydrogen) atoms. The fraction of sp³-hybridized carbons (Fsp3) is 0.538. The number of nitrogens with one attached hydrogen (secondary N) is 1. The Kier molecular flexibility index (Phi) is 1.76. The topological polar surface area (TPSA) is 21.3 Å². The van der Waals surface area contributed by atoms with Gasteiger partial charge in [-0.3, -0.25) is 0 Å². The van der Waals surface area contributed by atoms with Crippen molar-refractivity contribution in [3.05, 3.63) is 23.3 Å². The zero-order valence-electron chi connectivity index (χ0n) is 9.39. The Morgan fingerprint density at radius 2 is 2.20 bits per heavy atom. The third kappa shape index (κ3) is 1.24. The molecule has 0 amide bonds. The van der Waals surface area contributed by atoms with Gasteiger partial charge in [0.1, 0.15) is 5.75 Å². The van der Waals surface area contributed by atoms with Gasteiger partial charge in [0.15, 0.2) is 0 Å². The van der Waals surface area contributed by atoms with Crippen LogP contribution in [0.1, 0.15) is 31.4 Å². The Bertz CT molecular complexity index is 409. The van der Waals surface area contributed by atoms with Crippen molar-refractivity contribution < 1.29 is 4.74 Å². The molecular weight excluding hydrogens is 186 g/mol. The summed E-state index contributed by atoms with van der Waals surface area (Å²) in [6, 6.07) is 4.50. The van der Waals surface area contributed by atoms with Crippen molar-refractivity contribution >= 4 is 5.69 Å². The Hall–Kier alpha value is -1.18. The highest BCUT2D eigenvalue weighted by molar-refractivity contribution is 5.71. The van der Waals surface area contributed by atoms with Crippen LogP contribution < -0.4 is 10.1 Å². The van der Waals surface area contributed by atoms with Gasteiger partial charge >= 0.3 is 0 Å². The molecule has 0 atom stereocenters. The number of rotatable bonds is 0. The maximum Gasteiger partial charge on any atom is 0.145 e. The first-order chi connectivity index (χ1) is 7.18. The van der Waals surface area contributed by atoms with Crippen molar-refractivity contribution in [3.63, 3.8) is 0 Å². The Morgan fingerprint density at radius 3 is 3.07 bits per heavy atom. The van der Waals surface area contributed by atoms with Crippen molar-refractivity contribution in [3.8, 4) is 5.75 Å². The van der Waals surface area contributed by atoms with Crippen LogP contribution in [0, 0.1) is 0 Å². The second kappa shape index (κ2) is 2.91. The summed E-state index contributed by atoms with van der Waals surface area (Å²) in [7, 11) is 0. The largest absolute Gasteiger partial charge is 0.491 e. The zero-order valence-corrected chi connectivity index (χ0v) is 9.39. The summed E-state index contributed by atoms with van der Waals surface area (Å²) in [5.41, 5.74) is 4.26. The lowest BCUT2D eigenvalue weighted by Crippen LogP contribution is -2.18. The molecule has 80 valence electrons. The van der Waals surface area contributed by atoms with Gasteiger partial charge in [-0.05, 0) is 24.0 Å². The van der Waals surface area contributed by atoms with Gasteiger partial charge in [-0.2, -0.15) is 0 Å². The van der Waals surface area contributed by atoms with Crippen molar-refractivity contribution in [2.24, 2.45) is 0 Å². The number of ether oxygens (including phenoxy) is 1. The number of benzene rings is 1. The monoisotopic (exact) mass is 203 g/mol. The van der Waals surface area contributed by atoms with E-state index in [1.54, 1.807) is 0 Å². The second-order valence-electron chi connectivity index (χ2n) is 5.17. The van der Waals surface area contributed by atoms with E-state index >= 15 is 0 Å². The fourth-order valence-corrected chi connectivity index (χ4v) is 2.57. The van der Waals surface area contributed by atoms with Crippen molar-refractivity contribution in [2.75, 3.05) is 18.5 Å². The molecule has 2 heteroatoms. The molecule has 0 fully saturated rings. The second-order valence-corrected chi connectivity index (χ2v) is 5.17. The summed E-state index contributed by atoms with van der Waals surface area (Å²) in [6.07, 6.45) is 2.31. The molecule has 0 radical (unpaired) electrons. The first-order valence-corrected chi connectivity index (χ1v) is 5.71. The molecular formula is C13H17NO. The van der Waals surface area contributed by atoms with Gasteiger partial charge in [-0.1, -0.05) is 26.0 Å². The number of hydrogen-bond acceptors (Lipinski definition) is 2. The van der Waals surface area contributed by atoms with Gasteiger partial charge in [0, 0.05) is 12.0 Å². The zero-order chi connectivity index (χ0) is 10.5. The van der Waals surface area contributed by atoms with Gasteiger partial charge in [-0.25, -0.2) is 0 Å². The average molecular weight is 203 g/mol. The lowest BCUT2D eigenvalue weighted by Gasteiger charge is -2.22. The third-order valence-corrected chi connectivity index (χ3v) is 3.51. The highest BCUT2D eigenvalue weighted by Crippen LogP contribution is 2.45. The van der Waals surface area contributed by atoms with Gasteiger partial charge < -0.3 is 10.1 Å². The summed E-state index contributed by atoms with van der Waals surface area (Å²) in [6.45, 7) is 6.44. The van der Waals surface area contributed by atoms with E-state index in [-0.39, 0.29) is 5.41 Å². The van der Waals surface area contributed by atoms with Gasteiger partial charge in [-0.15, -0.1) is 0 Å². The quantitative estimate of drug-likeness (QED) is 0.700. The van der Waals surface area contributed by atoms with Crippen LogP contribution in [-0.2, 0) is 11.8 Å². The van der Waals surface area contributed by atoms with Crippen molar-refractivity contribution in [2.45, 2.75) is 32.1 Å². The summed E-state index contributed by atoms with van der Waals surface area (Å²) in [4.78, 5) is 0. The lowest BCUT2D eigenvalue weighted by atomic mass is 9.86. The van der Waals surface area contributed by atoms with Crippen LogP contribution in [0.15, 0.2) is 12.1 Å². The van der Waals surface area contributed by atoms with Crippen LogP contribution in [0.4, 0.5) is 5.69 Å². The van der Waals surface area contributed by atoms with Crippen LogP contribution >= 0.6 is 0 Å². The van der Waals surface area contributed by atoms with Crippen LogP contribution in [-0.4, -0.2) is 13.2 Å². The molecule has 2 heterocycles. The number of aryl methyl sites for hydroxylation is 1. The molecule has 2 aliphatic heterocycles. The fourth-order valence-electron chi connectivity index (χ4n) is 2.57. The predicted octanol–water partition coefficient (Wildman–Crippen LogP) is 2.71. The molecule has 1 N–H and O–H groups in total. The molecule has 0 aliphatic carbocycles. The molecule has 0 spiro atoms. The van der Waals surface area contributed by atoms with Crippen LogP contribution in [0.3, 0.4) is 0 Å². The minimum absolute atomic E-state index is 0.241. The van der Waals surface area contributed by atoms with Crippen LogP contribution in [0.2, 0.25) is 0 Å². The van der Waals surface area contributed by atoms with Crippen molar-refractivity contribution in [1.29, 1.82) is 0 Å². The molecule has 2 nitrogen and oxygen atoms in total. The van der Waals surface area contributed by atoms with E-state index in [1.807, 2.05) is 0 Å². The Morgan fingerprint density at radius 1 is 1.33 bits per heavy atom. The van der Waals surface area contributed by atoms with E-state index in [9.17, 15) is 0 Å². The molecule has 0 saturated carbocycles. The molecule has 0 unspecified atom stereocenters. The highest BCUT2D eigenvalue weighted by atomic mass is 16.5. The maximum atomic E-state index is 5.80. The van der Waals surface area contributed by atoms with E-state index in [4.69, 9.17) is 4.74 Å². The minimum Gasteiger partial charge on any atom is -0.491 e. The van der Waals surface area contributed by atoms with Crippen LogP contribution in [0.25, 0.3) is 0 Å². The first kappa shape index (κ1) is 9.08. The molecule has 2 aliphatic rings. The summed E-state index contributed by atoms with van der Waals surface area (Å²) >= 11 is 0. The predicted molar refractivity (Wildman–Crippen MR) is 61.8 cm³/mol. The third-order valence-electron chi connectivity index (χ3n) is 3.51. The summed E-state index contributed by atoms with van der Waals surface area (Å²) in [5.74, 6) is 1.12. The highest BCUT2D eigenvalue weighted by Gasteiger charge is 2.33. The molecule has 1 aromatic rings. The van der Waals surface area contributed by atoms with E-state index in [0.29, 0.717) is 0 Å². The Balaban J connectivity index is 2.17. The van der Waals surface area contributed by atoms with Crippen molar-refractivity contribution in [1.82, 2.24) is 0 Å². The number of hydrogen-bond donors (Lipinski definition) is 1.